The van der Waals surface area contributed by atoms with Gasteiger partial charge in [-0.15, -0.1) is 0 Å². The minimum atomic E-state index is -0.419. The Hall–Kier alpha value is -3.22. The highest BCUT2D eigenvalue weighted by molar-refractivity contribution is 5.74. The predicted molar refractivity (Wildman–Crippen MR) is 104 cm³/mol. The van der Waals surface area contributed by atoms with Crippen LogP contribution in [0.3, 0.4) is 0 Å². The molecule has 1 unspecified atom stereocenters. The van der Waals surface area contributed by atoms with Gasteiger partial charge in [0.2, 0.25) is 17.1 Å². The molecule has 2 aromatic rings. The van der Waals surface area contributed by atoms with Crippen molar-refractivity contribution in [3.8, 4) is 23.0 Å². The lowest BCUT2D eigenvalue weighted by atomic mass is 9.98. The third-order valence-corrected chi connectivity index (χ3v) is 4.94. The molecule has 1 amide bonds. The Labute approximate surface area is 162 Å². The van der Waals surface area contributed by atoms with Gasteiger partial charge in [-0.05, 0) is 41.3 Å². The summed E-state index contributed by atoms with van der Waals surface area (Å²) in [5.74, 6) is 0.553. The summed E-state index contributed by atoms with van der Waals surface area (Å²) >= 11 is 0. The topological polar surface area (TPSA) is 94.1 Å². The van der Waals surface area contributed by atoms with E-state index in [1.165, 1.54) is 34.3 Å². The minimum Gasteiger partial charge on any atom is -0.502 e. The van der Waals surface area contributed by atoms with Crippen molar-refractivity contribution >= 4 is 5.91 Å². The molecule has 7 nitrogen and oxygen atoms in total. The van der Waals surface area contributed by atoms with Gasteiger partial charge in [-0.1, -0.05) is 6.07 Å². The number of nitrogens with one attached hydrogen (secondary N) is 1. The van der Waals surface area contributed by atoms with Crippen molar-refractivity contribution in [1.29, 1.82) is 0 Å². The number of fused-ring (bicyclic) bond motifs is 2. The van der Waals surface area contributed by atoms with E-state index in [1.807, 2.05) is 0 Å². The number of carbonyl (C=O) groups excluding carboxylic acids is 1. The second-order valence-corrected chi connectivity index (χ2v) is 6.62. The second-order valence-electron chi connectivity index (χ2n) is 6.62. The fourth-order valence-corrected chi connectivity index (χ4v) is 3.67. The summed E-state index contributed by atoms with van der Waals surface area (Å²) in [6.45, 7) is 1.44. The number of ether oxygens (including phenoxy) is 3. The Morgan fingerprint density at radius 3 is 2.39 bits per heavy atom. The molecule has 0 bridgehead atoms. The van der Waals surface area contributed by atoms with E-state index in [4.69, 9.17) is 14.2 Å². The van der Waals surface area contributed by atoms with Crippen molar-refractivity contribution in [1.82, 2.24) is 5.32 Å². The van der Waals surface area contributed by atoms with E-state index in [0.29, 0.717) is 29.9 Å². The number of phenolic OH excluding ortho intramolecular Hbond substituents is 1. The van der Waals surface area contributed by atoms with Crippen molar-refractivity contribution in [3.63, 3.8) is 0 Å². The monoisotopic (exact) mass is 385 g/mol. The lowest BCUT2D eigenvalue weighted by Gasteiger charge is -2.19. The fourth-order valence-electron chi connectivity index (χ4n) is 3.67. The molecule has 1 aliphatic rings. The summed E-state index contributed by atoms with van der Waals surface area (Å²) in [7, 11) is 4.39. The summed E-state index contributed by atoms with van der Waals surface area (Å²) in [5, 5.41) is 13.4. The van der Waals surface area contributed by atoms with Crippen molar-refractivity contribution in [2.75, 3.05) is 21.3 Å². The summed E-state index contributed by atoms with van der Waals surface area (Å²) < 4.78 is 15.9. The van der Waals surface area contributed by atoms with Crippen molar-refractivity contribution < 1.29 is 24.1 Å². The Bertz CT molecular complexity index is 985. The zero-order valence-electron chi connectivity index (χ0n) is 16.3. The summed E-state index contributed by atoms with van der Waals surface area (Å²) in [6, 6.07) is 6.25. The first-order valence-corrected chi connectivity index (χ1v) is 8.83. The second kappa shape index (κ2) is 7.80. The number of phenols is 1. The molecule has 1 aliphatic carbocycles. The van der Waals surface area contributed by atoms with E-state index < -0.39 is 6.04 Å². The summed E-state index contributed by atoms with van der Waals surface area (Å²) in [4.78, 5) is 24.3. The van der Waals surface area contributed by atoms with Crippen molar-refractivity contribution in [2.45, 2.75) is 25.8 Å². The molecule has 2 N–H and O–H groups in total. The molecule has 0 spiro atoms. The van der Waals surface area contributed by atoms with Crippen LogP contribution >= 0.6 is 0 Å². The van der Waals surface area contributed by atoms with Gasteiger partial charge in [-0.3, -0.25) is 9.59 Å². The van der Waals surface area contributed by atoms with Gasteiger partial charge in [-0.2, -0.15) is 0 Å². The predicted octanol–water partition coefficient (Wildman–Crippen LogP) is 2.10. The molecule has 7 heteroatoms. The van der Waals surface area contributed by atoms with E-state index in [2.05, 4.69) is 5.32 Å². The van der Waals surface area contributed by atoms with Crippen LogP contribution in [-0.4, -0.2) is 32.3 Å². The molecule has 28 heavy (non-hydrogen) atoms. The lowest BCUT2D eigenvalue weighted by molar-refractivity contribution is -0.119. The van der Waals surface area contributed by atoms with Gasteiger partial charge in [0.05, 0.1) is 27.4 Å². The van der Waals surface area contributed by atoms with Gasteiger partial charge < -0.3 is 24.6 Å². The minimum absolute atomic E-state index is 0.0781. The summed E-state index contributed by atoms with van der Waals surface area (Å²) in [5.41, 5.74) is 2.93. The molecule has 0 heterocycles. The third-order valence-electron chi connectivity index (χ3n) is 4.94. The van der Waals surface area contributed by atoms with Crippen LogP contribution in [-0.2, 0) is 17.6 Å². The Morgan fingerprint density at radius 2 is 1.79 bits per heavy atom. The summed E-state index contributed by atoms with van der Waals surface area (Å²) in [6.07, 6.45) is 0.833. The molecule has 0 aliphatic heterocycles. The van der Waals surface area contributed by atoms with Crippen molar-refractivity contribution in [3.05, 3.63) is 56.7 Å². The van der Waals surface area contributed by atoms with E-state index in [-0.39, 0.29) is 22.8 Å². The molecule has 2 aromatic carbocycles. The molecule has 0 saturated carbocycles. The van der Waals surface area contributed by atoms with Crippen LogP contribution in [0.4, 0.5) is 0 Å². The fraction of sp³-hybridized carbons (Fsp3) is 0.333. The standard InChI is InChI=1S/C21H23NO6/c1-11(23)22-16-8-13-9-19(27-3)20(25)21(28-4)15(13)7-12-5-6-18(26-2)17(24)10-14(12)16/h5-6,9-10,16,25H,7-8H2,1-4H3,(H,22,23). The maximum atomic E-state index is 12.5. The van der Waals surface area contributed by atoms with Crippen LogP contribution in [0, 0.1) is 0 Å². The number of hydrogen-bond donors (Lipinski definition) is 2. The first kappa shape index (κ1) is 19.5. The van der Waals surface area contributed by atoms with Gasteiger partial charge in [0.15, 0.2) is 17.2 Å². The van der Waals surface area contributed by atoms with Crippen LogP contribution in [0.15, 0.2) is 29.1 Å². The van der Waals surface area contributed by atoms with Crippen molar-refractivity contribution in [2.24, 2.45) is 0 Å². The van der Waals surface area contributed by atoms with Crippen LogP contribution in [0.1, 0.15) is 35.2 Å². The van der Waals surface area contributed by atoms with Gasteiger partial charge in [0, 0.05) is 18.9 Å². The largest absolute Gasteiger partial charge is 0.502 e. The zero-order chi connectivity index (χ0) is 20.4. The maximum Gasteiger partial charge on any atom is 0.220 e. The lowest BCUT2D eigenvalue weighted by Crippen LogP contribution is -2.28. The number of benzene rings is 1. The molecule has 0 radical (unpaired) electrons. The van der Waals surface area contributed by atoms with Gasteiger partial charge in [0.1, 0.15) is 0 Å². The Balaban J connectivity index is 2.28. The highest BCUT2D eigenvalue weighted by Crippen LogP contribution is 2.44. The van der Waals surface area contributed by atoms with Crippen LogP contribution in [0.2, 0.25) is 0 Å². The average molecular weight is 385 g/mol. The molecule has 3 rings (SSSR count). The third kappa shape index (κ3) is 3.47. The van der Waals surface area contributed by atoms with Crippen LogP contribution in [0.5, 0.6) is 23.0 Å². The molecule has 0 saturated heterocycles. The Kier molecular flexibility index (Phi) is 5.44. The molecule has 1 atom stereocenters. The van der Waals surface area contributed by atoms with E-state index in [0.717, 1.165) is 16.7 Å². The number of methoxy groups -OCH3 is 3. The van der Waals surface area contributed by atoms with Crippen LogP contribution in [0.25, 0.3) is 0 Å². The maximum absolute atomic E-state index is 12.5. The smallest absolute Gasteiger partial charge is 0.220 e. The van der Waals surface area contributed by atoms with E-state index in [9.17, 15) is 14.7 Å². The number of carbonyl (C=O) groups is 1. The molecule has 148 valence electrons. The van der Waals surface area contributed by atoms with E-state index in [1.54, 1.807) is 18.2 Å². The highest BCUT2D eigenvalue weighted by Gasteiger charge is 2.28. The van der Waals surface area contributed by atoms with E-state index >= 15 is 0 Å². The number of hydrogen-bond acceptors (Lipinski definition) is 6. The first-order chi connectivity index (χ1) is 13.4. The zero-order valence-corrected chi connectivity index (χ0v) is 16.3. The van der Waals surface area contributed by atoms with Gasteiger partial charge in [0.25, 0.3) is 0 Å². The first-order valence-electron chi connectivity index (χ1n) is 8.83. The molecule has 0 fully saturated rings. The number of aromatic hydroxyl groups is 1. The number of rotatable bonds is 4. The average Bonchev–Trinajstić information content (AvgIpc) is 2.89. The Morgan fingerprint density at radius 1 is 1.07 bits per heavy atom. The van der Waals surface area contributed by atoms with Crippen LogP contribution < -0.4 is 25.0 Å². The number of amides is 1. The van der Waals surface area contributed by atoms with Gasteiger partial charge in [-0.25, -0.2) is 0 Å². The molecular formula is C21H23NO6. The molecule has 0 aromatic heterocycles. The quantitative estimate of drug-likeness (QED) is 0.837. The SMILES string of the molecule is COc1cc2c(c(OC)c1O)Cc1ccc(OC)c(=O)cc1C(NC(C)=O)C2. The normalized spacial score (nSPS) is 14.9. The molecular weight excluding hydrogens is 362 g/mol. The highest BCUT2D eigenvalue weighted by atomic mass is 16.5. The van der Waals surface area contributed by atoms with Gasteiger partial charge >= 0.3 is 0 Å².